The van der Waals surface area contributed by atoms with Crippen molar-refractivity contribution in [2.45, 2.75) is 44.9 Å². The summed E-state index contributed by atoms with van der Waals surface area (Å²) in [7, 11) is 1.83. The van der Waals surface area contributed by atoms with E-state index >= 15 is 0 Å². The highest BCUT2D eigenvalue weighted by Crippen LogP contribution is 2.29. The Morgan fingerprint density at radius 1 is 1.26 bits per heavy atom. The highest BCUT2D eigenvalue weighted by Gasteiger charge is 2.28. The van der Waals surface area contributed by atoms with E-state index in [0.717, 1.165) is 49.8 Å². The van der Waals surface area contributed by atoms with Crippen molar-refractivity contribution in [2.75, 3.05) is 32.4 Å². The maximum Gasteiger partial charge on any atom is 0.251 e. The summed E-state index contributed by atoms with van der Waals surface area (Å²) in [5, 5.41) is 6.40. The molecule has 1 aliphatic heterocycles. The minimum absolute atomic E-state index is 0. The lowest BCUT2D eigenvalue weighted by Gasteiger charge is -2.39. The lowest BCUT2D eigenvalue weighted by Crippen LogP contribution is -2.50. The number of amides is 1. The first-order chi connectivity index (χ1) is 12.4. The molecule has 27 heavy (non-hydrogen) atoms. The Bertz CT molecular complexity index is 619. The number of nitrogens with zero attached hydrogens (tertiary/aromatic N) is 2. The smallest absolute Gasteiger partial charge is 0.251 e. The topological polar surface area (TPSA) is 56.7 Å². The lowest BCUT2D eigenvalue weighted by molar-refractivity contribution is 0.0953. The number of guanidine groups is 1. The van der Waals surface area contributed by atoms with E-state index < -0.39 is 0 Å². The number of hydrogen-bond acceptors (Lipinski definition) is 3. The van der Waals surface area contributed by atoms with Crippen LogP contribution in [0.3, 0.4) is 0 Å². The largest absolute Gasteiger partial charge is 0.352 e. The predicted octanol–water partition coefficient (Wildman–Crippen LogP) is 3.74. The third-order valence-corrected chi connectivity index (χ3v) is 5.72. The molecule has 0 unspecified atom stereocenters. The SMILES string of the molecule is CCCCNC(=O)c1ccc(CNC(=NC)N2CCSC(C)(C)C2)cc1.I. The summed E-state index contributed by atoms with van der Waals surface area (Å²) < 4.78 is 0.253. The molecular formula is C20H33IN4OS. The Morgan fingerprint density at radius 3 is 2.56 bits per heavy atom. The minimum atomic E-state index is 0. The highest BCUT2D eigenvalue weighted by molar-refractivity contribution is 14.0. The number of hydrogen-bond donors (Lipinski definition) is 2. The number of halogens is 1. The first-order valence-corrected chi connectivity index (χ1v) is 10.4. The first-order valence-electron chi connectivity index (χ1n) is 9.42. The molecule has 0 atom stereocenters. The Kier molecular flexibility index (Phi) is 10.5. The zero-order chi connectivity index (χ0) is 19.0. The Balaban J connectivity index is 0.00000364. The molecule has 0 aliphatic carbocycles. The van der Waals surface area contributed by atoms with Crippen molar-refractivity contribution in [1.29, 1.82) is 0 Å². The number of aliphatic imine (C=N–C) groups is 1. The van der Waals surface area contributed by atoms with Crippen LogP contribution in [0.25, 0.3) is 0 Å². The molecule has 0 bridgehead atoms. The van der Waals surface area contributed by atoms with Crippen LogP contribution in [-0.4, -0.2) is 53.9 Å². The van der Waals surface area contributed by atoms with E-state index in [1.165, 1.54) is 0 Å². The second-order valence-corrected chi connectivity index (χ2v) is 9.04. The molecule has 0 aromatic heterocycles. The average Bonchev–Trinajstić information content (AvgIpc) is 2.62. The van der Waals surface area contributed by atoms with Crippen LogP contribution in [0.1, 0.15) is 49.5 Å². The third kappa shape index (κ3) is 7.89. The van der Waals surface area contributed by atoms with E-state index in [2.05, 4.69) is 41.3 Å². The van der Waals surface area contributed by atoms with Crippen LogP contribution < -0.4 is 10.6 Å². The second-order valence-electron chi connectivity index (χ2n) is 7.24. The van der Waals surface area contributed by atoms with Crippen LogP contribution in [0, 0.1) is 0 Å². The van der Waals surface area contributed by atoms with Gasteiger partial charge in [0.05, 0.1) is 0 Å². The van der Waals surface area contributed by atoms with Crippen molar-refractivity contribution in [1.82, 2.24) is 15.5 Å². The Labute approximate surface area is 185 Å². The summed E-state index contributed by atoms with van der Waals surface area (Å²) in [5.41, 5.74) is 1.85. The van der Waals surface area contributed by atoms with Gasteiger partial charge in [0.1, 0.15) is 0 Å². The number of carbonyl (C=O) groups is 1. The van der Waals surface area contributed by atoms with E-state index in [-0.39, 0.29) is 34.6 Å². The molecule has 1 fully saturated rings. The van der Waals surface area contributed by atoms with Gasteiger partial charge in [0.15, 0.2) is 5.96 Å². The summed E-state index contributed by atoms with van der Waals surface area (Å²) in [6.07, 6.45) is 2.10. The predicted molar refractivity (Wildman–Crippen MR) is 127 cm³/mol. The number of benzene rings is 1. The highest BCUT2D eigenvalue weighted by atomic mass is 127. The average molecular weight is 504 g/mol. The van der Waals surface area contributed by atoms with Gasteiger partial charge >= 0.3 is 0 Å². The zero-order valence-corrected chi connectivity index (χ0v) is 20.0. The monoisotopic (exact) mass is 504 g/mol. The van der Waals surface area contributed by atoms with Gasteiger partial charge in [0.25, 0.3) is 5.91 Å². The number of nitrogens with one attached hydrogen (secondary N) is 2. The second kappa shape index (κ2) is 11.8. The summed E-state index contributed by atoms with van der Waals surface area (Å²) in [6, 6.07) is 7.79. The van der Waals surface area contributed by atoms with Gasteiger partial charge in [-0.1, -0.05) is 25.5 Å². The standard InChI is InChI=1S/C20H32N4OS.HI/c1-5-6-11-22-18(25)17-9-7-16(8-10-17)14-23-19(21-4)24-12-13-26-20(2,3)15-24;/h7-10H,5-6,11-15H2,1-4H3,(H,21,23)(H,22,25);1H. The van der Waals surface area contributed by atoms with Crippen molar-refractivity contribution in [3.8, 4) is 0 Å². The molecule has 152 valence electrons. The normalized spacial score (nSPS) is 16.4. The number of rotatable bonds is 6. The summed E-state index contributed by atoms with van der Waals surface area (Å²) >= 11 is 2.02. The first kappa shape index (κ1) is 24.1. The van der Waals surface area contributed by atoms with Crippen LogP contribution >= 0.6 is 35.7 Å². The van der Waals surface area contributed by atoms with Crippen molar-refractivity contribution >= 4 is 47.6 Å². The van der Waals surface area contributed by atoms with Gasteiger partial charge in [0, 0.05) is 49.3 Å². The molecule has 1 saturated heterocycles. The fourth-order valence-corrected chi connectivity index (χ4v) is 4.08. The van der Waals surface area contributed by atoms with Gasteiger partial charge in [-0.25, -0.2) is 0 Å². The molecule has 7 heteroatoms. The van der Waals surface area contributed by atoms with E-state index in [9.17, 15) is 4.79 Å². The van der Waals surface area contributed by atoms with Gasteiger partial charge in [0.2, 0.25) is 0 Å². The molecule has 0 saturated carbocycles. The molecule has 5 nitrogen and oxygen atoms in total. The van der Waals surface area contributed by atoms with Crippen LogP contribution in [0.4, 0.5) is 0 Å². The molecule has 2 rings (SSSR count). The third-order valence-electron chi connectivity index (χ3n) is 4.42. The van der Waals surface area contributed by atoms with Crippen LogP contribution in [-0.2, 0) is 6.54 Å². The summed E-state index contributed by atoms with van der Waals surface area (Å²) in [5.74, 6) is 2.07. The zero-order valence-electron chi connectivity index (χ0n) is 16.9. The van der Waals surface area contributed by atoms with Gasteiger partial charge in [-0.3, -0.25) is 9.79 Å². The summed E-state index contributed by atoms with van der Waals surface area (Å²) in [6.45, 7) is 10.1. The van der Waals surface area contributed by atoms with Gasteiger partial charge in [-0.2, -0.15) is 11.8 Å². The van der Waals surface area contributed by atoms with Gasteiger partial charge in [-0.05, 0) is 38.0 Å². The van der Waals surface area contributed by atoms with Crippen molar-refractivity contribution < 1.29 is 4.79 Å². The molecule has 0 radical (unpaired) electrons. The van der Waals surface area contributed by atoms with Gasteiger partial charge < -0.3 is 15.5 Å². The van der Waals surface area contributed by atoms with E-state index in [4.69, 9.17) is 0 Å². The molecule has 1 amide bonds. The van der Waals surface area contributed by atoms with Crippen molar-refractivity contribution in [3.63, 3.8) is 0 Å². The fourth-order valence-electron chi connectivity index (χ4n) is 2.97. The molecule has 2 N–H and O–H groups in total. The van der Waals surface area contributed by atoms with Crippen molar-refractivity contribution in [2.24, 2.45) is 4.99 Å². The Morgan fingerprint density at radius 2 is 1.96 bits per heavy atom. The van der Waals surface area contributed by atoms with E-state index in [1.54, 1.807) is 0 Å². The van der Waals surface area contributed by atoms with Gasteiger partial charge in [-0.15, -0.1) is 24.0 Å². The fraction of sp³-hybridized carbons (Fsp3) is 0.600. The Hall–Kier alpha value is -0.960. The molecule has 1 aromatic carbocycles. The quantitative estimate of drug-likeness (QED) is 0.268. The maximum atomic E-state index is 12.1. The van der Waals surface area contributed by atoms with E-state index in [0.29, 0.717) is 12.1 Å². The van der Waals surface area contributed by atoms with E-state index in [1.807, 2.05) is 43.1 Å². The van der Waals surface area contributed by atoms with Crippen LogP contribution in [0.15, 0.2) is 29.3 Å². The summed E-state index contributed by atoms with van der Waals surface area (Å²) in [4.78, 5) is 18.8. The molecule has 1 heterocycles. The minimum Gasteiger partial charge on any atom is -0.352 e. The molecular weight excluding hydrogens is 471 g/mol. The number of carbonyl (C=O) groups excluding carboxylic acids is 1. The lowest BCUT2D eigenvalue weighted by atomic mass is 10.1. The maximum absolute atomic E-state index is 12.1. The van der Waals surface area contributed by atoms with Crippen molar-refractivity contribution in [3.05, 3.63) is 35.4 Å². The molecule has 0 spiro atoms. The number of unbranched alkanes of at least 4 members (excludes halogenated alkanes) is 1. The molecule has 1 aliphatic rings. The number of thioether (sulfide) groups is 1. The van der Waals surface area contributed by atoms with Crippen LogP contribution in [0.5, 0.6) is 0 Å². The molecule has 1 aromatic rings. The van der Waals surface area contributed by atoms with Crippen LogP contribution in [0.2, 0.25) is 0 Å².